The predicted octanol–water partition coefficient (Wildman–Crippen LogP) is 19.3. The van der Waals surface area contributed by atoms with Crippen LogP contribution in [0.25, 0.3) is 49.2 Å². The standard InChI is InChI=1S/C18H17NO2.C18H15N.C16H11F2N.C16H13N/c1-20-17-10-16(11-18(12-17)21-2)19-15-8-7-13-5-3-4-6-14(13)9-15;1-2-14-10-12-16(13-11-14)19-18-9-5-7-15-6-3-4-8-17(15)18;17-13-8-14(18)10-16(9-13)19-15-6-5-11-3-1-2-4-12(11)7-15;1-2-9-14(10-3-1)17-16-12-6-8-13-7-4-5-11-15(13)16/h3-12,19H,1-2H3;2-13,19H,1H2;1-10,19H;1-12,17H. The third-order valence-corrected chi connectivity index (χ3v) is 12.3. The van der Waals surface area contributed by atoms with Crippen molar-refractivity contribution in [1.29, 1.82) is 0 Å². The zero-order chi connectivity index (χ0) is 52.5. The molecule has 0 fully saturated rings. The highest BCUT2D eigenvalue weighted by molar-refractivity contribution is 5.96. The summed E-state index contributed by atoms with van der Waals surface area (Å²) in [6.45, 7) is 3.77. The molecule has 374 valence electrons. The van der Waals surface area contributed by atoms with Gasteiger partial charge in [0, 0.05) is 80.5 Å². The SMILES string of the molecule is C=Cc1ccc(Nc2cccc3ccccc23)cc1.COc1cc(Nc2ccc3ccccc3c2)cc(OC)c1.Fc1cc(F)cc(Nc2ccc3ccccc3c2)c1.c1ccc(Nc2cccc3ccccc23)cc1. The number of anilines is 8. The monoisotopic (exact) mass is 998 g/mol. The smallest absolute Gasteiger partial charge is 0.128 e. The van der Waals surface area contributed by atoms with Crippen LogP contribution in [-0.4, -0.2) is 14.2 Å². The van der Waals surface area contributed by atoms with E-state index in [-0.39, 0.29) is 0 Å². The Morgan fingerprint density at radius 1 is 0.316 bits per heavy atom. The van der Waals surface area contributed by atoms with E-state index in [0.29, 0.717) is 5.69 Å². The van der Waals surface area contributed by atoms with Gasteiger partial charge in [-0.2, -0.15) is 0 Å². The van der Waals surface area contributed by atoms with Gasteiger partial charge in [0.2, 0.25) is 0 Å². The second kappa shape index (κ2) is 25.2. The van der Waals surface area contributed by atoms with Crippen molar-refractivity contribution in [3.05, 3.63) is 285 Å². The van der Waals surface area contributed by atoms with Crippen LogP contribution >= 0.6 is 0 Å². The molecule has 12 aromatic carbocycles. The summed E-state index contributed by atoms with van der Waals surface area (Å²) in [6, 6.07) is 85.3. The number of methoxy groups -OCH3 is 2. The summed E-state index contributed by atoms with van der Waals surface area (Å²) in [5.74, 6) is 0.335. The summed E-state index contributed by atoms with van der Waals surface area (Å²) in [6.07, 6.45) is 1.85. The average molecular weight is 999 g/mol. The van der Waals surface area contributed by atoms with Gasteiger partial charge in [-0.1, -0.05) is 176 Å². The Hall–Kier alpha value is -9.92. The van der Waals surface area contributed by atoms with Gasteiger partial charge in [-0.25, -0.2) is 8.78 Å². The molecule has 0 radical (unpaired) electrons. The van der Waals surface area contributed by atoms with Crippen molar-refractivity contribution in [2.75, 3.05) is 35.5 Å². The number of fused-ring (bicyclic) bond motifs is 4. The van der Waals surface area contributed by atoms with Crippen molar-refractivity contribution in [2.24, 2.45) is 0 Å². The molecule has 0 bridgehead atoms. The van der Waals surface area contributed by atoms with Crippen molar-refractivity contribution in [1.82, 2.24) is 0 Å². The van der Waals surface area contributed by atoms with Crippen molar-refractivity contribution in [3.8, 4) is 11.5 Å². The highest BCUT2D eigenvalue weighted by Crippen LogP contribution is 2.31. The third-order valence-electron chi connectivity index (χ3n) is 12.3. The van der Waals surface area contributed by atoms with Crippen LogP contribution in [0.2, 0.25) is 0 Å². The van der Waals surface area contributed by atoms with Crippen LogP contribution in [0.1, 0.15) is 5.56 Å². The van der Waals surface area contributed by atoms with Crippen LogP contribution in [0.5, 0.6) is 11.5 Å². The minimum absolute atomic E-state index is 0.396. The molecule has 0 spiro atoms. The first-order chi connectivity index (χ1) is 37.3. The number of para-hydroxylation sites is 1. The van der Waals surface area contributed by atoms with Crippen LogP contribution in [0.15, 0.2) is 267 Å². The van der Waals surface area contributed by atoms with Gasteiger partial charge >= 0.3 is 0 Å². The molecule has 8 heteroatoms. The van der Waals surface area contributed by atoms with Crippen LogP contribution in [0.4, 0.5) is 54.3 Å². The fourth-order valence-electron chi connectivity index (χ4n) is 8.58. The highest BCUT2D eigenvalue weighted by Gasteiger charge is 2.06. The number of nitrogens with one attached hydrogen (secondary N) is 4. The highest BCUT2D eigenvalue weighted by atomic mass is 19.1. The van der Waals surface area contributed by atoms with E-state index in [1.165, 1.54) is 44.5 Å². The molecule has 0 heterocycles. The van der Waals surface area contributed by atoms with Crippen LogP contribution < -0.4 is 30.7 Å². The number of rotatable bonds is 11. The Bertz CT molecular complexity index is 3810. The number of benzene rings is 12. The minimum atomic E-state index is -0.594. The summed E-state index contributed by atoms with van der Waals surface area (Å²) in [5, 5.41) is 22.9. The van der Waals surface area contributed by atoms with E-state index in [2.05, 4.69) is 180 Å². The first kappa shape index (κ1) is 51.0. The van der Waals surface area contributed by atoms with Crippen LogP contribution in [-0.2, 0) is 0 Å². The van der Waals surface area contributed by atoms with E-state index >= 15 is 0 Å². The quantitative estimate of drug-likeness (QED) is 0.104. The Balaban J connectivity index is 0.000000124. The first-order valence-corrected chi connectivity index (χ1v) is 24.8. The van der Waals surface area contributed by atoms with Crippen LogP contribution in [0.3, 0.4) is 0 Å². The molecule has 0 saturated carbocycles. The van der Waals surface area contributed by atoms with Gasteiger partial charge < -0.3 is 30.7 Å². The Labute approximate surface area is 442 Å². The molecule has 4 N–H and O–H groups in total. The fourth-order valence-corrected chi connectivity index (χ4v) is 8.58. The van der Waals surface area contributed by atoms with E-state index in [0.717, 1.165) is 73.7 Å². The summed E-state index contributed by atoms with van der Waals surface area (Å²) < 4.78 is 36.8. The van der Waals surface area contributed by atoms with E-state index in [9.17, 15) is 8.78 Å². The maximum Gasteiger partial charge on any atom is 0.128 e. The van der Waals surface area contributed by atoms with Gasteiger partial charge in [-0.05, 0) is 111 Å². The lowest BCUT2D eigenvalue weighted by Gasteiger charge is -2.11. The van der Waals surface area contributed by atoms with Crippen molar-refractivity contribution in [2.45, 2.75) is 0 Å². The van der Waals surface area contributed by atoms with Gasteiger partial charge in [0.25, 0.3) is 0 Å². The summed E-state index contributed by atoms with van der Waals surface area (Å²) in [7, 11) is 3.29. The van der Waals surface area contributed by atoms with Gasteiger partial charge in [-0.3, -0.25) is 0 Å². The largest absolute Gasteiger partial charge is 0.497 e. The van der Waals surface area contributed by atoms with Gasteiger partial charge in [0.15, 0.2) is 0 Å². The molecule has 0 unspecified atom stereocenters. The minimum Gasteiger partial charge on any atom is -0.497 e. The molecule has 76 heavy (non-hydrogen) atoms. The topological polar surface area (TPSA) is 66.6 Å². The lowest BCUT2D eigenvalue weighted by atomic mass is 10.1. The maximum atomic E-state index is 13.1. The Morgan fingerprint density at radius 3 is 1.18 bits per heavy atom. The molecule has 6 nitrogen and oxygen atoms in total. The van der Waals surface area contributed by atoms with Crippen LogP contribution in [0, 0.1) is 11.6 Å². The zero-order valence-corrected chi connectivity index (χ0v) is 42.2. The number of halogens is 2. The molecule has 0 aliphatic rings. The molecule has 0 saturated heterocycles. The fraction of sp³-hybridized carbons (Fsp3) is 0.0294. The second-order valence-electron chi connectivity index (χ2n) is 17.6. The molecule has 0 aromatic heterocycles. The number of hydrogen-bond donors (Lipinski definition) is 4. The lowest BCUT2D eigenvalue weighted by molar-refractivity contribution is 0.395. The normalized spacial score (nSPS) is 10.4. The first-order valence-electron chi connectivity index (χ1n) is 24.8. The van der Waals surface area contributed by atoms with E-state index < -0.39 is 11.6 Å². The summed E-state index contributed by atoms with van der Waals surface area (Å²) >= 11 is 0. The molecule has 0 aliphatic carbocycles. The Morgan fingerprint density at radius 2 is 0.711 bits per heavy atom. The molecule has 12 rings (SSSR count). The van der Waals surface area contributed by atoms with Crippen molar-refractivity contribution >= 4 is 94.7 Å². The average Bonchev–Trinajstić information content (AvgIpc) is 3.46. The lowest BCUT2D eigenvalue weighted by Crippen LogP contribution is -1.93. The Kier molecular flexibility index (Phi) is 16.9. The summed E-state index contributed by atoms with van der Waals surface area (Å²) in [5.41, 5.74) is 8.76. The molecule has 0 aliphatic heterocycles. The molecule has 0 amide bonds. The van der Waals surface area contributed by atoms with E-state index in [1.807, 2.05) is 97.1 Å². The molecular formula is C68H56F2N4O2. The number of hydrogen-bond acceptors (Lipinski definition) is 6. The predicted molar refractivity (Wildman–Crippen MR) is 318 cm³/mol. The second-order valence-corrected chi connectivity index (χ2v) is 17.6. The zero-order valence-electron chi connectivity index (χ0n) is 42.2. The third kappa shape index (κ3) is 13.8. The van der Waals surface area contributed by atoms with Crippen molar-refractivity contribution in [3.63, 3.8) is 0 Å². The van der Waals surface area contributed by atoms with E-state index in [1.54, 1.807) is 14.2 Å². The van der Waals surface area contributed by atoms with E-state index in [4.69, 9.17) is 9.47 Å². The number of ether oxygens (including phenoxy) is 2. The maximum absolute atomic E-state index is 13.1. The molecule has 12 aromatic rings. The molecular weight excluding hydrogens is 943 g/mol. The van der Waals surface area contributed by atoms with Gasteiger partial charge in [0.05, 0.1) is 14.2 Å². The van der Waals surface area contributed by atoms with Crippen molar-refractivity contribution < 1.29 is 18.3 Å². The van der Waals surface area contributed by atoms with Gasteiger partial charge in [-0.15, -0.1) is 0 Å². The molecule has 0 atom stereocenters. The van der Waals surface area contributed by atoms with Gasteiger partial charge in [0.1, 0.15) is 23.1 Å². The summed E-state index contributed by atoms with van der Waals surface area (Å²) in [4.78, 5) is 0.